The Kier molecular flexibility index (Phi) is 3.76. The van der Waals surface area contributed by atoms with Crippen molar-refractivity contribution in [2.75, 3.05) is 11.9 Å². The number of hydrogen-bond acceptors (Lipinski definition) is 4. The van der Waals surface area contributed by atoms with E-state index in [2.05, 4.69) is 36.1 Å². The van der Waals surface area contributed by atoms with E-state index in [1.165, 1.54) is 5.56 Å². The molecule has 0 saturated heterocycles. The van der Waals surface area contributed by atoms with E-state index in [0.717, 1.165) is 47.1 Å². The molecule has 3 rings (SSSR count). The van der Waals surface area contributed by atoms with E-state index in [9.17, 15) is 5.11 Å². The van der Waals surface area contributed by atoms with Crippen LogP contribution < -0.4 is 4.90 Å². The summed E-state index contributed by atoms with van der Waals surface area (Å²) in [4.78, 5) is 7.87. The third-order valence-corrected chi connectivity index (χ3v) is 5.20. The van der Waals surface area contributed by atoms with E-state index in [0.29, 0.717) is 0 Å². The lowest BCUT2D eigenvalue weighted by Crippen LogP contribution is -2.09. The van der Waals surface area contributed by atoms with Crippen LogP contribution in [0.15, 0.2) is 24.3 Å². The number of nitrogens with zero attached hydrogens (tertiary/aromatic N) is 2. The Hall–Kier alpha value is -1.39. The van der Waals surface area contributed by atoms with Gasteiger partial charge in [-0.05, 0) is 43.4 Å². The summed E-state index contributed by atoms with van der Waals surface area (Å²) >= 11 is 1.62. The Morgan fingerprint density at radius 1 is 1.35 bits per heavy atom. The molecule has 0 spiro atoms. The van der Waals surface area contributed by atoms with Crippen LogP contribution >= 0.6 is 11.3 Å². The largest absolute Gasteiger partial charge is 0.388 e. The van der Waals surface area contributed by atoms with Gasteiger partial charge in [0.1, 0.15) is 0 Å². The molecule has 0 radical (unpaired) electrons. The van der Waals surface area contributed by atoms with Gasteiger partial charge in [0.05, 0.1) is 16.7 Å². The van der Waals surface area contributed by atoms with E-state index in [1.807, 2.05) is 7.05 Å². The minimum atomic E-state index is -0.319. The van der Waals surface area contributed by atoms with Gasteiger partial charge in [-0.2, -0.15) is 0 Å². The molecular formula is C16H20N2OS. The lowest BCUT2D eigenvalue weighted by atomic mass is 10.0. The van der Waals surface area contributed by atoms with Gasteiger partial charge in [0.2, 0.25) is 0 Å². The zero-order chi connectivity index (χ0) is 14.1. The predicted molar refractivity (Wildman–Crippen MR) is 83.9 cm³/mol. The summed E-state index contributed by atoms with van der Waals surface area (Å²) < 4.78 is 0. The van der Waals surface area contributed by atoms with Crippen LogP contribution in [0.5, 0.6) is 0 Å². The first-order valence-corrected chi connectivity index (χ1v) is 8.01. The molecule has 0 amide bonds. The van der Waals surface area contributed by atoms with Crippen LogP contribution in [0.3, 0.4) is 0 Å². The van der Waals surface area contributed by atoms with Gasteiger partial charge in [0.15, 0.2) is 5.13 Å². The molecule has 0 fully saturated rings. The summed E-state index contributed by atoms with van der Waals surface area (Å²) in [5.41, 5.74) is 3.57. The Morgan fingerprint density at radius 3 is 2.75 bits per heavy atom. The van der Waals surface area contributed by atoms with Crippen molar-refractivity contribution in [1.29, 1.82) is 0 Å². The average molecular weight is 288 g/mol. The van der Waals surface area contributed by atoms with Crippen LogP contribution in [0.25, 0.3) is 0 Å². The SMILES string of the molecule is CCc1ccc(N(C)c2nc3c(s2)C(O)CCC3)cc1. The lowest BCUT2D eigenvalue weighted by molar-refractivity contribution is 0.160. The number of aliphatic hydroxyl groups is 1. The summed E-state index contributed by atoms with van der Waals surface area (Å²) in [5, 5.41) is 11.0. The number of thiazole rings is 1. The molecule has 1 atom stereocenters. The first-order valence-electron chi connectivity index (χ1n) is 7.19. The monoisotopic (exact) mass is 288 g/mol. The number of aliphatic hydroxyl groups excluding tert-OH is 1. The van der Waals surface area contributed by atoms with Crippen molar-refractivity contribution in [1.82, 2.24) is 4.98 Å². The smallest absolute Gasteiger partial charge is 0.190 e. The van der Waals surface area contributed by atoms with Crippen molar-refractivity contribution in [2.24, 2.45) is 0 Å². The average Bonchev–Trinajstić information content (AvgIpc) is 2.92. The third-order valence-electron chi connectivity index (χ3n) is 3.93. The van der Waals surface area contributed by atoms with Crippen LogP contribution in [0, 0.1) is 0 Å². The number of hydrogen-bond donors (Lipinski definition) is 1. The first-order chi connectivity index (χ1) is 9.69. The summed E-state index contributed by atoms with van der Waals surface area (Å²) in [6.07, 6.45) is 3.63. The molecule has 2 aromatic rings. The molecule has 0 bridgehead atoms. The van der Waals surface area contributed by atoms with Gasteiger partial charge in [0, 0.05) is 12.7 Å². The van der Waals surface area contributed by atoms with Crippen molar-refractivity contribution in [2.45, 2.75) is 38.7 Å². The fraction of sp³-hybridized carbons (Fsp3) is 0.438. The summed E-state index contributed by atoms with van der Waals surface area (Å²) in [7, 11) is 2.04. The second-order valence-electron chi connectivity index (χ2n) is 5.29. The molecule has 0 saturated carbocycles. The zero-order valence-corrected chi connectivity index (χ0v) is 12.8. The summed E-state index contributed by atoms with van der Waals surface area (Å²) in [6.45, 7) is 2.16. The van der Waals surface area contributed by atoms with E-state index < -0.39 is 0 Å². The number of aromatic nitrogens is 1. The van der Waals surface area contributed by atoms with Gasteiger partial charge in [-0.25, -0.2) is 4.98 Å². The molecular weight excluding hydrogens is 268 g/mol. The molecule has 1 N–H and O–H groups in total. The van der Waals surface area contributed by atoms with Gasteiger partial charge < -0.3 is 10.0 Å². The standard InChI is InChI=1S/C16H20N2OS/c1-3-11-7-9-12(10-8-11)18(2)16-17-13-5-4-6-14(19)15(13)20-16/h7-10,14,19H,3-6H2,1-2H3. The highest BCUT2D eigenvalue weighted by atomic mass is 32.1. The maximum Gasteiger partial charge on any atom is 0.190 e. The van der Waals surface area contributed by atoms with Crippen molar-refractivity contribution in [3.8, 4) is 0 Å². The summed E-state index contributed by atoms with van der Waals surface area (Å²) in [6, 6.07) is 8.59. The minimum Gasteiger partial charge on any atom is -0.388 e. The summed E-state index contributed by atoms with van der Waals surface area (Å²) in [5.74, 6) is 0. The van der Waals surface area contributed by atoms with Crippen molar-refractivity contribution >= 4 is 22.2 Å². The van der Waals surface area contributed by atoms with Gasteiger partial charge >= 0.3 is 0 Å². The fourth-order valence-electron chi connectivity index (χ4n) is 2.59. The van der Waals surface area contributed by atoms with Crippen LogP contribution in [0.4, 0.5) is 10.8 Å². The van der Waals surface area contributed by atoms with Gasteiger partial charge in [-0.1, -0.05) is 30.4 Å². The van der Waals surface area contributed by atoms with E-state index in [4.69, 9.17) is 4.98 Å². The first kappa shape index (κ1) is 13.6. The van der Waals surface area contributed by atoms with Gasteiger partial charge in [-0.15, -0.1) is 0 Å². The Bertz CT molecular complexity index is 591. The molecule has 1 aromatic carbocycles. The highest BCUT2D eigenvalue weighted by molar-refractivity contribution is 7.15. The molecule has 3 nitrogen and oxygen atoms in total. The van der Waals surface area contributed by atoms with E-state index in [-0.39, 0.29) is 6.10 Å². The number of rotatable bonds is 3. The molecule has 1 aliphatic rings. The molecule has 1 unspecified atom stereocenters. The van der Waals surface area contributed by atoms with Gasteiger partial charge in [0.25, 0.3) is 0 Å². The minimum absolute atomic E-state index is 0.319. The second-order valence-corrected chi connectivity index (χ2v) is 6.30. The molecule has 0 aliphatic heterocycles. The lowest BCUT2D eigenvalue weighted by Gasteiger charge is -2.16. The topological polar surface area (TPSA) is 36.4 Å². The number of benzene rings is 1. The molecule has 20 heavy (non-hydrogen) atoms. The number of fused-ring (bicyclic) bond motifs is 1. The second kappa shape index (κ2) is 5.54. The fourth-order valence-corrected chi connectivity index (χ4v) is 3.71. The molecule has 1 heterocycles. The Balaban J connectivity index is 1.88. The van der Waals surface area contributed by atoms with E-state index >= 15 is 0 Å². The maximum atomic E-state index is 10.0. The predicted octanol–water partition coefficient (Wildman–Crippen LogP) is 3.84. The van der Waals surface area contributed by atoms with Crippen molar-refractivity contribution < 1.29 is 5.11 Å². The highest BCUT2D eigenvalue weighted by Crippen LogP contribution is 2.38. The number of aryl methyl sites for hydroxylation is 2. The van der Waals surface area contributed by atoms with Crippen LogP contribution in [-0.2, 0) is 12.8 Å². The number of anilines is 2. The van der Waals surface area contributed by atoms with E-state index in [1.54, 1.807) is 11.3 Å². The molecule has 1 aliphatic carbocycles. The molecule has 4 heteroatoms. The zero-order valence-electron chi connectivity index (χ0n) is 12.0. The van der Waals surface area contributed by atoms with Crippen LogP contribution in [0.1, 0.15) is 42.0 Å². The normalized spacial score (nSPS) is 17.9. The van der Waals surface area contributed by atoms with Gasteiger partial charge in [-0.3, -0.25) is 0 Å². The van der Waals surface area contributed by atoms with Crippen molar-refractivity contribution in [3.63, 3.8) is 0 Å². The van der Waals surface area contributed by atoms with Crippen molar-refractivity contribution in [3.05, 3.63) is 40.4 Å². The third kappa shape index (κ3) is 2.45. The Morgan fingerprint density at radius 2 is 2.10 bits per heavy atom. The van der Waals surface area contributed by atoms with Crippen LogP contribution in [-0.4, -0.2) is 17.1 Å². The highest BCUT2D eigenvalue weighted by Gasteiger charge is 2.24. The molecule has 1 aromatic heterocycles. The Labute approximate surface area is 123 Å². The quantitative estimate of drug-likeness (QED) is 0.932. The maximum absolute atomic E-state index is 10.0. The molecule has 106 valence electrons. The van der Waals surface area contributed by atoms with Crippen LogP contribution in [0.2, 0.25) is 0 Å².